The van der Waals surface area contributed by atoms with E-state index in [0.717, 1.165) is 0 Å². The summed E-state index contributed by atoms with van der Waals surface area (Å²) in [6.07, 6.45) is 4.48. The van der Waals surface area contributed by atoms with Crippen LogP contribution >= 0.6 is 0 Å². The molecule has 0 aromatic heterocycles. The summed E-state index contributed by atoms with van der Waals surface area (Å²) in [5.41, 5.74) is -1.23. The summed E-state index contributed by atoms with van der Waals surface area (Å²) in [5.74, 6) is -1.32. The molecule has 18 heavy (non-hydrogen) atoms. The Morgan fingerprint density at radius 1 is 1.50 bits per heavy atom. The quantitative estimate of drug-likeness (QED) is 0.469. The van der Waals surface area contributed by atoms with Crippen LogP contribution in [0, 0.1) is 11.3 Å². The maximum absolute atomic E-state index is 12.0. The third-order valence-electron chi connectivity index (χ3n) is 3.34. The molecule has 3 amide bonds. The molecular formula is C12H17N2NaO3. The number of rotatable bonds is 4. The van der Waals surface area contributed by atoms with E-state index in [4.69, 9.17) is 0 Å². The number of urea groups is 1. The van der Waals surface area contributed by atoms with Gasteiger partial charge in [0.1, 0.15) is 0 Å². The second kappa shape index (κ2) is 7.07. The van der Waals surface area contributed by atoms with Crippen molar-refractivity contribution < 1.29 is 44.3 Å². The van der Waals surface area contributed by atoms with Crippen molar-refractivity contribution in [2.75, 3.05) is 0 Å². The largest absolute Gasteiger partial charge is 1.00 e. The van der Waals surface area contributed by atoms with Crippen molar-refractivity contribution in [1.29, 1.82) is 0 Å². The molecule has 0 aromatic carbocycles. The van der Waals surface area contributed by atoms with Crippen LogP contribution in [-0.4, -0.2) is 17.8 Å². The molecule has 1 aliphatic heterocycles. The minimum absolute atomic E-state index is 0. The zero-order valence-corrected chi connectivity index (χ0v) is 13.3. The number of carbonyl (C=O) groups is 2. The van der Waals surface area contributed by atoms with Crippen molar-refractivity contribution in [3.63, 3.8) is 0 Å². The minimum atomic E-state index is -1.23. The number of nitrogens with zero attached hydrogens (tertiary/aromatic N) is 1. The van der Waals surface area contributed by atoms with Crippen LogP contribution in [0.5, 0.6) is 0 Å². The van der Waals surface area contributed by atoms with Crippen LogP contribution in [0.1, 0.15) is 33.6 Å². The molecule has 0 saturated heterocycles. The van der Waals surface area contributed by atoms with Gasteiger partial charge in [0.2, 0.25) is 5.91 Å². The molecule has 1 rings (SSSR count). The molecule has 1 N–H and O–H groups in total. The fourth-order valence-corrected chi connectivity index (χ4v) is 1.99. The number of aliphatic imine (C=N–C) groups is 1. The van der Waals surface area contributed by atoms with Crippen LogP contribution in [0.2, 0.25) is 0 Å². The molecule has 94 valence electrons. The first-order valence-corrected chi connectivity index (χ1v) is 5.71. The molecule has 1 aliphatic rings. The number of hydrogen-bond acceptors (Lipinski definition) is 3. The zero-order valence-electron chi connectivity index (χ0n) is 11.3. The SMILES string of the molecule is C/C=C/CC1(C(C)CC)C(=O)NC(=O)N=C1[O-].[Na+]. The number of carbonyl (C=O) groups excluding carboxylic acids is 2. The van der Waals surface area contributed by atoms with E-state index in [1.54, 1.807) is 12.2 Å². The van der Waals surface area contributed by atoms with Crippen LogP contribution in [0.3, 0.4) is 0 Å². The van der Waals surface area contributed by atoms with Crippen LogP contribution in [0.15, 0.2) is 17.1 Å². The van der Waals surface area contributed by atoms with Gasteiger partial charge in [-0.3, -0.25) is 10.1 Å². The van der Waals surface area contributed by atoms with Gasteiger partial charge in [-0.2, -0.15) is 0 Å². The van der Waals surface area contributed by atoms with E-state index in [9.17, 15) is 14.7 Å². The van der Waals surface area contributed by atoms with Gasteiger partial charge in [-0.1, -0.05) is 32.4 Å². The molecule has 0 bridgehead atoms. The standard InChI is InChI=1S/C12H18N2O3.Na/c1-4-6-7-12(8(3)5-2)9(15)13-11(17)14-10(12)16;/h4,6,8H,5,7H2,1-3H3,(H2,13,14,15,16,17);/q;+1/p-1/b6-4+;. The number of imide groups is 1. The zero-order chi connectivity index (χ0) is 13.1. The van der Waals surface area contributed by atoms with Gasteiger partial charge >= 0.3 is 35.6 Å². The smallest absolute Gasteiger partial charge is 0.861 e. The topological polar surface area (TPSA) is 81.6 Å². The number of amides is 3. The van der Waals surface area contributed by atoms with Crippen LogP contribution in [0.25, 0.3) is 0 Å². The van der Waals surface area contributed by atoms with Crippen LogP contribution < -0.4 is 40.0 Å². The maximum Gasteiger partial charge on any atom is 1.00 e. The van der Waals surface area contributed by atoms with Crippen LogP contribution in [-0.2, 0) is 4.79 Å². The fraction of sp³-hybridized carbons (Fsp3) is 0.583. The molecule has 2 unspecified atom stereocenters. The molecule has 0 aromatic rings. The third kappa shape index (κ3) is 3.02. The van der Waals surface area contributed by atoms with E-state index >= 15 is 0 Å². The summed E-state index contributed by atoms with van der Waals surface area (Å²) in [6, 6.07) is -0.862. The van der Waals surface area contributed by atoms with Gasteiger partial charge in [0, 0.05) is 0 Å². The Bertz CT molecular complexity index is 393. The van der Waals surface area contributed by atoms with E-state index in [2.05, 4.69) is 10.3 Å². The number of nitrogens with one attached hydrogen (secondary N) is 1. The summed E-state index contributed by atoms with van der Waals surface area (Å²) in [5, 5.41) is 14.1. The summed E-state index contributed by atoms with van der Waals surface area (Å²) in [6.45, 7) is 5.54. The van der Waals surface area contributed by atoms with Gasteiger partial charge in [0.25, 0.3) is 0 Å². The Balaban J connectivity index is 0.00000289. The first-order valence-electron chi connectivity index (χ1n) is 5.71. The van der Waals surface area contributed by atoms with Crippen LogP contribution in [0.4, 0.5) is 4.79 Å². The monoisotopic (exact) mass is 260 g/mol. The first-order chi connectivity index (χ1) is 7.98. The predicted octanol–water partition coefficient (Wildman–Crippen LogP) is -2.00. The van der Waals surface area contributed by atoms with Gasteiger partial charge in [0.15, 0.2) is 0 Å². The normalized spacial score (nSPS) is 25.4. The maximum atomic E-state index is 12.0. The molecule has 0 spiro atoms. The van der Waals surface area contributed by atoms with Gasteiger partial charge in [-0.15, -0.1) is 0 Å². The number of hydrogen-bond donors (Lipinski definition) is 1. The van der Waals surface area contributed by atoms with Gasteiger partial charge in [-0.25, -0.2) is 9.79 Å². The molecule has 6 heteroatoms. The van der Waals surface area contributed by atoms with Crippen molar-refractivity contribution in [1.82, 2.24) is 5.32 Å². The van der Waals surface area contributed by atoms with Crippen molar-refractivity contribution in [3.05, 3.63) is 12.2 Å². The van der Waals surface area contributed by atoms with Crippen molar-refractivity contribution in [2.45, 2.75) is 33.6 Å². The second-order valence-electron chi connectivity index (χ2n) is 4.23. The minimum Gasteiger partial charge on any atom is -0.861 e. The first kappa shape index (κ1) is 17.4. The molecule has 0 saturated carbocycles. The van der Waals surface area contributed by atoms with E-state index < -0.39 is 23.3 Å². The fourth-order valence-electron chi connectivity index (χ4n) is 1.99. The average molecular weight is 260 g/mol. The van der Waals surface area contributed by atoms with E-state index in [1.165, 1.54) is 0 Å². The summed E-state index contributed by atoms with van der Waals surface area (Å²) < 4.78 is 0. The van der Waals surface area contributed by atoms with Gasteiger partial charge < -0.3 is 5.11 Å². The molecule has 5 nitrogen and oxygen atoms in total. The molecular weight excluding hydrogens is 243 g/mol. The summed E-state index contributed by atoms with van der Waals surface area (Å²) in [4.78, 5) is 26.4. The van der Waals surface area contributed by atoms with Gasteiger partial charge in [-0.05, 0) is 25.2 Å². The Labute approximate surface area is 129 Å². The second-order valence-corrected chi connectivity index (χ2v) is 4.23. The third-order valence-corrected chi connectivity index (χ3v) is 3.34. The molecule has 2 atom stereocenters. The molecule has 0 aliphatic carbocycles. The average Bonchev–Trinajstić information content (AvgIpc) is 2.27. The molecule has 0 radical (unpaired) electrons. The number of allylic oxidation sites excluding steroid dienone is 2. The Morgan fingerprint density at radius 2 is 2.11 bits per heavy atom. The van der Waals surface area contributed by atoms with Crippen molar-refractivity contribution >= 4 is 17.8 Å². The van der Waals surface area contributed by atoms with E-state index in [-0.39, 0.29) is 41.9 Å². The summed E-state index contributed by atoms with van der Waals surface area (Å²) in [7, 11) is 0. The van der Waals surface area contributed by atoms with Crippen molar-refractivity contribution in [3.8, 4) is 0 Å². The summed E-state index contributed by atoms with van der Waals surface area (Å²) >= 11 is 0. The molecule has 0 fully saturated rings. The Morgan fingerprint density at radius 3 is 2.56 bits per heavy atom. The van der Waals surface area contributed by atoms with Gasteiger partial charge in [0.05, 0.1) is 5.41 Å². The van der Waals surface area contributed by atoms with E-state index in [1.807, 2.05) is 20.8 Å². The predicted molar refractivity (Wildman–Crippen MR) is 62.3 cm³/mol. The van der Waals surface area contributed by atoms with Crippen molar-refractivity contribution in [2.24, 2.45) is 16.3 Å². The van der Waals surface area contributed by atoms with E-state index in [0.29, 0.717) is 6.42 Å². The Kier molecular flexibility index (Phi) is 6.81. The molecule has 1 heterocycles. The Hall–Kier alpha value is -0.650.